The van der Waals surface area contributed by atoms with Gasteiger partial charge < -0.3 is 15.8 Å². The second-order valence-electron chi connectivity index (χ2n) is 3.56. The van der Waals surface area contributed by atoms with Crippen molar-refractivity contribution in [1.82, 2.24) is 4.98 Å². The molecule has 0 fully saturated rings. The zero-order valence-electron chi connectivity index (χ0n) is 9.42. The average molecular weight is 244 g/mol. The molecule has 0 radical (unpaired) electrons. The first-order valence-corrected chi connectivity index (χ1v) is 5.22. The molecule has 0 atom stereocenters. The second-order valence-corrected chi connectivity index (χ2v) is 3.56. The number of hydrogen-bond acceptors (Lipinski definition) is 3. The van der Waals surface area contributed by atoms with Gasteiger partial charge in [-0.15, -0.1) is 0 Å². The summed E-state index contributed by atoms with van der Waals surface area (Å²) in [6, 6.07) is 6.20. The van der Waals surface area contributed by atoms with Gasteiger partial charge in [-0.05, 0) is 18.2 Å². The highest BCUT2D eigenvalue weighted by Crippen LogP contribution is 2.28. The molecule has 1 aliphatic rings. The Balaban J connectivity index is 0.000000267. The summed E-state index contributed by atoms with van der Waals surface area (Å²) in [7, 11) is 0. The first-order chi connectivity index (χ1) is 8.68. The van der Waals surface area contributed by atoms with Crippen molar-refractivity contribution in [2.24, 2.45) is 10.8 Å². The van der Waals surface area contributed by atoms with Crippen LogP contribution in [0.4, 0.5) is 10.5 Å². The topological polar surface area (TPSA) is 104 Å². The van der Waals surface area contributed by atoms with Crippen molar-refractivity contribution < 1.29 is 9.90 Å². The standard InChI is InChI=1S/C11H9N3.CH3NO2/c1-2-8-3-4-10-9(5-7-12-10)11(8)14-13-6-1;2-1(3)4/h1-7,12,14H;2H2,(H,3,4). The van der Waals surface area contributed by atoms with Gasteiger partial charge in [-0.3, -0.25) is 5.43 Å². The van der Waals surface area contributed by atoms with Crippen molar-refractivity contribution in [1.29, 1.82) is 0 Å². The normalized spacial score (nSPS) is 12.0. The van der Waals surface area contributed by atoms with E-state index < -0.39 is 6.09 Å². The monoisotopic (exact) mass is 244 g/mol. The van der Waals surface area contributed by atoms with Crippen LogP contribution in [-0.4, -0.2) is 22.4 Å². The largest absolute Gasteiger partial charge is 0.465 e. The van der Waals surface area contributed by atoms with Crippen LogP contribution in [0.5, 0.6) is 0 Å². The Hall–Kier alpha value is -2.76. The molecular formula is C12H12N4O2. The maximum absolute atomic E-state index is 8.78. The Morgan fingerprint density at radius 1 is 1.33 bits per heavy atom. The molecule has 18 heavy (non-hydrogen) atoms. The summed E-state index contributed by atoms with van der Waals surface area (Å²) in [6.45, 7) is 0. The number of amides is 1. The number of aromatic nitrogens is 1. The van der Waals surface area contributed by atoms with E-state index in [2.05, 4.69) is 39.4 Å². The molecule has 1 aromatic carbocycles. The molecule has 0 unspecified atom stereocenters. The maximum Gasteiger partial charge on any atom is 0.402 e. The first-order valence-electron chi connectivity index (χ1n) is 5.22. The smallest absolute Gasteiger partial charge is 0.402 e. The molecule has 0 aliphatic carbocycles. The molecule has 92 valence electrons. The molecule has 2 aromatic rings. The van der Waals surface area contributed by atoms with Gasteiger partial charge in [0.1, 0.15) is 0 Å². The van der Waals surface area contributed by atoms with Gasteiger partial charge in [-0.2, -0.15) is 5.10 Å². The fraction of sp³-hybridized carbons (Fsp3) is 0. The number of anilines is 1. The highest BCUT2D eigenvalue weighted by atomic mass is 16.4. The zero-order chi connectivity index (χ0) is 13.0. The Kier molecular flexibility index (Phi) is 3.29. The van der Waals surface area contributed by atoms with Crippen molar-refractivity contribution >= 4 is 35.0 Å². The lowest BCUT2D eigenvalue weighted by molar-refractivity contribution is 0.205. The number of fused-ring (bicyclic) bond motifs is 3. The number of nitrogens with two attached hydrogens (primary N) is 1. The van der Waals surface area contributed by atoms with Crippen molar-refractivity contribution in [2.45, 2.75) is 0 Å². The van der Waals surface area contributed by atoms with E-state index >= 15 is 0 Å². The van der Waals surface area contributed by atoms with E-state index in [0.29, 0.717) is 0 Å². The fourth-order valence-electron chi connectivity index (χ4n) is 1.71. The molecule has 1 aromatic heterocycles. The summed E-state index contributed by atoms with van der Waals surface area (Å²) >= 11 is 0. The van der Waals surface area contributed by atoms with Crippen LogP contribution < -0.4 is 11.2 Å². The van der Waals surface area contributed by atoms with Crippen LogP contribution in [0, 0.1) is 0 Å². The summed E-state index contributed by atoms with van der Waals surface area (Å²) in [6.07, 6.45) is 6.33. The maximum atomic E-state index is 8.78. The lowest BCUT2D eigenvalue weighted by Crippen LogP contribution is -2.03. The number of nitrogens with zero attached hydrogens (tertiary/aromatic N) is 1. The molecule has 6 nitrogen and oxygen atoms in total. The van der Waals surface area contributed by atoms with Crippen molar-refractivity contribution in [3.8, 4) is 0 Å². The number of hydrazone groups is 1. The number of rotatable bonds is 0. The number of nitrogens with one attached hydrogen (secondary N) is 2. The van der Waals surface area contributed by atoms with E-state index in [1.807, 2.05) is 18.3 Å². The molecular weight excluding hydrogens is 232 g/mol. The quantitative estimate of drug-likeness (QED) is 0.571. The average Bonchev–Trinajstić information content (AvgIpc) is 2.66. The molecule has 0 spiro atoms. The van der Waals surface area contributed by atoms with Crippen LogP contribution in [0.3, 0.4) is 0 Å². The molecule has 0 saturated carbocycles. The molecule has 1 amide bonds. The third-order valence-corrected chi connectivity index (χ3v) is 2.38. The minimum atomic E-state index is -1.33. The van der Waals surface area contributed by atoms with Gasteiger partial charge in [0.05, 0.1) is 5.69 Å². The predicted octanol–water partition coefficient (Wildman–Crippen LogP) is 2.22. The van der Waals surface area contributed by atoms with Crippen molar-refractivity contribution in [2.75, 3.05) is 5.43 Å². The van der Waals surface area contributed by atoms with Crippen LogP contribution in [0.2, 0.25) is 0 Å². The van der Waals surface area contributed by atoms with Gasteiger partial charge in [-0.25, -0.2) is 4.79 Å². The van der Waals surface area contributed by atoms with Gasteiger partial charge in [-0.1, -0.05) is 12.1 Å². The third kappa shape index (κ3) is 2.49. The summed E-state index contributed by atoms with van der Waals surface area (Å²) in [5.74, 6) is 0. The lowest BCUT2D eigenvalue weighted by atomic mass is 10.1. The Morgan fingerprint density at radius 2 is 2.11 bits per heavy atom. The molecule has 1 aliphatic heterocycles. The highest BCUT2D eigenvalue weighted by molar-refractivity contribution is 5.98. The number of hydrogen-bond donors (Lipinski definition) is 4. The summed E-state index contributed by atoms with van der Waals surface area (Å²) in [4.78, 5) is 12.0. The molecule has 0 bridgehead atoms. The minimum Gasteiger partial charge on any atom is -0.465 e. The fourth-order valence-corrected chi connectivity index (χ4v) is 1.71. The minimum absolute atomic E-state index is 1.06. The van der Waals surface area contributed by atoms with Gasteiger partial charge in [0, 0.05) is 28.9 Å². The van der Waals surface area contributed by atoms with Gasteiger partial charge in [0.2, 0.25) is 0 Å². The first kappa shape index (κ1) is 11.7. The number of carboxylic acid groups (broad SMARTS) is 1. The molecule has 6 heteroatoms. The molecule has 3 rings (SSSR count). The Bertz CT molecular complexity index is 624. The third-order valence-electron chi connectivity index (χ3n) is 2.38. The lowest BCUT2D eigenvalue weighted by Gasteiger charge is -2.05. The Labute approximate surface area is 103 Å². The zero-order valence-corrected chi connectivity index (χ0v) is 9.42. The van der Waals surface area contributed by atoms with Gasteiger partial charge in [0.15, 0.2) is 0 Å². The number of primary amides is 1. The predicted molar refractivity (Wildman–Crippen MR) is 71.7 cm³/mol. The van der Waals surface area contributed by atoms with E-state index in [-0.39, 0.29) is 0 Å². The van der Waals surface area contributed by atoms with Crippen LogP contribution in [-0.2, 0) is 0 Å². The Morgan fingerprint density at radius 3 is 2.89 bits per heavy atom. The van der Waals surface area contributed by atoms with E-state index in [1.165, 1.54) is 5.39 Å². The van der Waals surface area contributed by atoms with Gasteiger partial charge in [0.25, 0.3) is 0 Å². The van der Waals surface area contributed by atoms with Crippen LogP contribution in [0.15, 0.2) is 35.6 Å². The van der Waals surface area contributed by atoms with E-state index in [4.69, 9.17) is 9.90 Å². The summed E-state index contributed by atoms with van der Waals surface area (Å²) < 4.78 is 0. The molecule has 0 saturated heterocycles. The van der Waals surface area contributed by atoms with Gasteiger partial charge >= 0.3 is 6.09 Å². The van der Waals surface area contributed by atoms with E-state index in [0.717, 1.165) is 16.8 Å². The van der Waals surface area contributed by atoms with Crippen molar-refractivity contribution in [3.05, 3.63) is 36.0 Å². The molecule has 2 heterocycles. The molecule has 5 N–H and O–H groups in total. The second kappa shape index (κ2) is 5.05. The van der Waals surface area contributed by atoms with Crippen LogP contribution in [0.25, 0.3) is 17.0 Å². The highest BCUT2D eigenvalue weighted by Gasteiger charge is 2.06. The van der Waals surface area contributed by atoms with E-state index in [9.17, 15) is 0 Å². The summed E-state index contributed by atoms with van der Waals surface area (Å²) in [5, 5.41) is 12.4. The number of carbonyl (C=O) groups is 1. The summed E-state index contributed by atoms with van der Waals surface area (Å²) in [5.41, 5.74) is 10.4. The SMILES string of the molecule is C1=Cc2ccc3[nH]ccc3c2NN=C1.NC(=O)O. The van der Waals surface area contributed by atoms with E-state index in [1.54, 1.807) is 6.21 Å². The van der Waals surface area contributed by atoms with Crippen LogP contribution >= 0.6 is 0 Å². The van der Waals surface area contributed by atoms with Crippen molar-refractivity contribution in [3.63, 3.8) is 0 Å². The number of H-pyrrole nitrogens is 1. The number of benzene rings is 1. The number of aromatic amines is 1. The van der Waals surface area contributed by atoms with Crippen LogP contribution in [0.1, 0.15) is 5.56 Å². The number of allylic oxidation sites excluding steroid dienone is 1.